The van der Waals surface area contributed by atoms with E-state index in [1.807, 2.05) is 60.8 Å². The van der Waals surface area contributed by atoms with Crippen LogP contribution in [0.15, 0.2) is 102 Å². The van der Waals surface area contributed by atoms with Crippen LogP contribution in [-0.4, -0.2) is 14.5 Å². The van der Waals surface area contributed by atoms with Crippen LogP contribution in [0, 0.1) is 19.1 Å². The van der Waals surface area contributed by atoms with E-state index in [9.17, 15) is 0 Å². The maximum atomic E-state index is 6.01. The van der Waals surface area contributed by atoms with Crippen LogP contribution in [0.5, 0.6) is 0 Å². The van der Waals surface area contributed by atoms with Gasteiger partial charge in [0, 0.05) is 38.2 Å². The Morgan fingerprint density at radius 1 is 0.872 bits per heavy atom. The molecule has 0 spiro atoms. The van der Waals surface area contributed by atoms with E-state index in [1.165, 1.54) is 29.5 Å². The number of nitrogens with zero attached hydrogens (tertiary/aromatic N) is 3. The third-order valence-electron chi connectivity index (χ3n) is 7.14. The van der Waals surface area contributed by atoms with Gasteiger partial charge in [-0.3, -0.25) is 4.98 Å². The molecule has 0 aliphatic carbocycles. The molecule has 0 amide bonds. The van der Waals surface area contributed by atoms with Crippen molar-refractivity contribution in [1.29, 1.82) is 0 Å². The first-order chi connectivity index (χ1) is 18.8. The molecule has 0 bridgehead atoms. The summed E-state index contributed by atoms with van der Waals surface area (Å²) in [7, 11) is 0. The molecule has 0 saturated heterocycles. The smallest absolute Gasteiger partial charge is 0.120 e. The minimum Gasteiger partial charge on any atom is -0.501 e. The molecule has 3 aromatic heterocycles. The molecule has 4 heterocycles. The Morgan fingerprint density at radius 2 is 1.77 bits per heavy atom. The van der Waals surface area contributed by atoms with Gasteiger partial charge in [0.15, 0.2) is 0 Å². The average Bonchev–Trinajstić information content (AvgIpc) is 3.54. The van der Waals surface area contributed by atoms with Gasteiger partial charge in [-0.2, -0.15) is 0 Å². The SMILES string of the molecule is Cc1ccnc(-c2[c-]ccc3c2oc2ccccc23)c1.[Ir].[c-]1ccccc1-c1nc2cccc3c2n1CCC3. The second-order valence-corrected chi connectivity index (χ2v) is 9.66. The topological polar surface area (TPSA) is 43.9 Å². The first kappa shape index (κ1) is 25.2. The van der Waals surface area contributed by atoms with Crippen LogP contribution in [0.4, 0.5) is 0 Å². The number of imidazole rings is 1. The van der Waals surface area contributed by atoms with E-state index in [2.05, 4.69) is 65.0 Å². The van der Waals surface area contributed by atoms with Gasteiger partial charge in [0.2, 0.25) is 0 Å². The zero-order valence-corrected chi connectivity index (χ0v) is 23.8. The number of rotatable bonds is 2. The molecule has 1 radical (unpaired) electrons. The minimum atomic E-state index is 0. The number of hydrogen-bond acceptors (Lipinski definition) is 3. The summed E-state index contributed by atoms with van der Waals surface area (Å²) in [6.07, 6.45) is 4.18. The van der Waals surface area contributed by atoms with Crippen molar-refractivity contribution in [2.75, 3.05) is 0 Å². The fraction of sp³-hybridized carbons (Fsp3) is 0.118. The van der Waals surface area contributed by atoms with Crippen LogP contribution in [-0.2, 0) is 33.1 Å². The molecule has 0 saturated carbocycles. The minimum absolute atomic E-state index is 0. The van der Waals surface area contributed by atoms with Gasteiger partial charge in [-0.05, 0) is 49.2 Å². The molecule has 1 aliphatic rings. The van der Waals surface area contributed by atoms with Crippen LogP contribution in [0.25, 0.3) is 55.6 Å². The van der Waals surface area contributed by atoms with Crippen LogP contribution < -0.4 is 0 Å². The van der Waals surface area contributed by atoms with Gasteiger partial charge in [0.1, 0.15) is 5.58 Å². The molecular formula is C34H25IrN3O-2. The fourth-order valence-corrected chi connectivity index (χ4v) is 5.40. The Bertz CT molecular complexity index is 1920. The number of para-hydroxylation sites is 2. The standard InChI is InChI=1S/C18H12NO.C16H13N2.Ir/c1-12-9-10-19-16(11-12)15-7-4-6-14-13-5-2-3-8-17(13)20-18(14)15;1-2-6-13(7-3-1)16-17-14-10-4-8-12-9-5-11-18(16)15(12)14;/h2-6,8-11H,1H3;1-4,6,8,10H,5,9,11H2;/q2*-1;. The number of hydrogen-bond donors (Lipinski definition) is 0. The molecule has 193 valence electrons. The van der Waals surface area contributed by atoms with E-state index in [0.29, 0.717) is 0 Å². The second kappa shape index (κ2) is 10.6. The molecule has 0 unspecified atom stereocenters. The number of pyridine rings is 1. The predicted molar refractivity (Wildman–Crippen MR) is 153 cm³/mol. The predicted octanol–water partition coefficient (Wildman–Crippen LogP) is 8.20. The van der Waals surface area contributed by atoms with E-state index >= 15 is 0 Å². The largest absolute Gasteiger partial charge is 0.501 e. The number of benzene rings is 4. The number of aryl methyl sites for hydroxylation is 3. The second-order valence-electron chi connectivity index (χ2n) is 9.66. The summed E-state index contributed by atoms with van der Waals surface area (Å²) in [5, 5.41) is 2.24. The fourth-order valence-electron chi connectivity index (χ4n) is 5.40. The van der Waals surface area contributed by atoms with E-state index in [4.69, 9.17) is 9.40 Å². The van der Waals surface area contributed by atoms with E-state index in [0.717, 1.165) is 56.6 Å². The molecule has 7 aromatic rings. The van der Waals surface area contributed by atoms with Gasteiger partial charge in [-0.1, -0.05) is 52.9 Å². The van der Waals surface area contributed by atoms with Crippen LogP contribution in [0.1, 0.15) is 17.5 Å². The number of furan rings is 1. The summed E-state index contributed by atoms with van der Waals surface area (Å²) in [5.74, 6) is 1.05. The Morgan fingerprint density at radius 3 is 2.64 bits per heavy atom. The summed E-state index contributed by atoms with van der Waals surface area (Å²) in [6, 6.07) is 37.1. The summed E-state index contributed by atoms with van der Waals surface area (Å²) < 4.78 is 8.35. The van der Waals surface area contributed by atoms with E-state index in [-0.39, 0.29) is 20.1 Å². The molecule has 0 atom stereocenters. The molecule has 39 heavy (non-hydrogen) atoms. The molecule has 5 heteroatoms. The zero-order valence-electron chi connectivity index (χ0n) is 21.4. The average molecular weight is 684 g/mol. The quantitative estimate of drug-likeness (QED) is 0.173. The monoisotopic (exact) mass is 684 g/mol. The maximum absolute atomic E-state index is 6.01. The van der Waals surface area contributed by atoms with Crippen LogP contribution in [0.2, 0.25) is 0 Å². The summed E-state index contributed by atoms with van der Waals surface area (Å²) in [5.41, 5.74) is 9.68. The molecule has 4 nitrogen and oxygen atoms in total. The van der Waals surface area contributed by atoms with Crippen molar-refractivity contribution in [3.05, 3.63) is 120 Å². The molecule has 0 fully saturated rings. The third-order valence-corrected chi connectivity index (χ3v) is 7.14. The molecule has 8 rings (SSSR count). The first-order valence-electron chi connectivity index (χ1n) is 13.0. The molecular weight excluding hydrogens is 659 g/mol. The first-order valence-corrected chi connectivity index (χ1v) is 13.0. The Hall–Kier alpha value is -4.05. The van der Waals surface area contributed by atoms with Gasteiger partial charge >= 0.3 is 0 Å². The molecule has 1 aliphatic heterocycles. The summed E-state index contributed by atoms with van der Waals surface area (Å²) >= 11 is 0. The van der Waals surface area contributed by atoms with Gasteiger partial charge < -0.3 is 14.0 Å². The van der Waals surface area contributed by atoms with Gasteiger partial charge in [0.05, 0.1) is 22.4 Å². The van der Waals surface area contributed by atoms with E-state index < -0.39 is 0 Å². The maximum Gasteiger partial charge on any atom is 0.120 e. The van der Waals surface area contributed by atoms with Crippen molar-refractivity contribution in [1.82, 2.24) is 14.5 Å². The Kier molecular flexibility index (Phi) is 6.86. The van der Waals surface area contributed by atoms with Crippen molar-refractivity contribution in [2.24, 2.45) is 0 Å². The van der Waals surface area contributed by atoms with Crippen LogP contribution >= 0.6 is 0 Å². The molecule has 0 N–H and O–H groups in total. The van der Waals surface area contributed by atoms with Gasteiger partial charge in [-0.15, -0.1) is 54.1 Å². The zero-order chi connectivity index (χ0) is 25.5. The molecule has 4 aromatic carbocycles. The van der Waals surface area contributed by atoms with Crippen molar-refractivity contribution in [2.45, 2.75) is 26.3 Å². The summed E-state index contributed by atoms with van der Waals surface area (Å²) in [6.45, 7) is 3.12. The summed E-state index contributed by atoms with van der Waals surface area (Å²) in [4.78, 5) is 9.23. The van der Waals surface area contributed by atoms with Crippen LogP contribution in [0.3, 0.4) is 0 Å². The third kappa shape index (κ3) is 4.58. The van der Waals surface area contributed by atoms with Gasteiger partial charge in [0.25, 0.3) is 0 Å². The van der Waals surface area contributed by atoms with Crippen molar-refractivity contribution in [3.8, 4) is 22.6 Å². The Balaban J connectivity index is 0.000000139. The number of fused-ring (bicyclic) bond motifs is 3. The normalized spacial score (nSPS) is 12.2. The van der Waals surface area contributed by atoms with Gasteiger partial charge in [-0.25, -0.2) is 0 Å². The Labute approximate surface area is 240 Å². The van der Waals surface area contributed by atoms with E-state index in [1.54, 1.807) is 0 Å². The van der Waals surface area contributed by atoms with Crippen molar-refractivity contribution in [3.63, 3.8) is 0 Å². The van der Waals surface area contributed by atoms with Crippen molar-refractivity contribution < 1.29 is 24.5 Å². The van der Waals surface area contributed by atoms with Crippen molar-refractivity contribution >= 4 is 33.0 Å². The number of aromatic nitrogens is 3.